The minimum absolute atomic E-state index is 0.241. The van der Waals surface area contributed by atoms with Crippen LogP contribution in [0, 0.1) is 0 Å². The van der Waals surface area contributed by atoms with E-state index in [-0.39, 0.29) is 12.8 Å². The average molecular weight is 870 g/mol. The van der Waals surface area contributed by atoms with Gasteiger partial charge in [-0.2, -0.15) is 0 Å². The number of carbonyl (C=O) groups excluding carboxylic acids is 1. The van der Waals surface area contributed by atoms with E-state index in [9.17, 15) is 40.5 Å². The van der Waals surface area contributed by atoms with Crippen LogP contribution in [0.1, 0.15) is 219 Å². The van der Waals surface area contributed by atoms with Gasteiger partial charge in [0.05, 0.1) is 25.4 Å². The summed E-state index contributed by atoms with van der Waals surface area (Å²) in [6.45, 7) is 3.43. The van der Waals surface area contributed by atoms with Crippen LogP contribution in [0.2, 0.25) is 0 Å². The molecule has 0 spiro atoms. The van der Waals surface area contributed by atoms with Crippen LogP contribution in [0.25, 0.3) is 0 Å². The Labute approximate surface area is 372 Å². The topological polar surface area (TPSA) is 189 Å². The van der Waals surface area contributed by atoms with Crippen molar-refractivity contribution < 1.29 is 50.0 Å². The second-order valence-corrected chi connectivity index (χ2v) is 17.9. The van der Waals surface area contributed by atoms with Gasteiger partial charge in [0.2, 0.25) is 5.91 Å². The third-order valence-corrected chi connectivity index (χ3v) is 12.2. The molecule has 11 heteroatoms. The molecule has 0 aromatic heterocycles. The maximum Gasteiger partial charge on any atom is 0.249 e. The first-order chi connectivity index (χ1) is 29.7. The first-order valence-corrected chi connectivity index (χ1v) is 25.2. The van der Waals surface area contributed by atoms with Gasteiger partial charge in [-0.3, -0.25) is 4.79 Å². The molecule has 1 heterocycles. The Morgan fingerprint density at radius 2 is 0.967 bits per heavy atom. The largest absolute Gasteiger partial charge is 0.394 e. The minimum Gasteiger partial charge on any atom is -0.394 e. The van der Waals surface area contributed by atoms with Crippen molar-refractivity contribution in [1.29, 1.82) is 0 Å². The van der Waals surface area contributed by atoms with Gasteiger partial charge in [0.25, 0.3) is 0 Å². The molecule has 1 rings (SSSR count). The van der Waals surface area contributed by atoms with E-state index < -0.39 is 74.2 Å². The highest BCUT2D eigenvalue weighted by Gasteiger charge is 2.44. The van der Waals surface area contributed by atoms with Crippen molar-refractivity contribution >= 4 is 5.91 Å². The number of nitrogens with one attached hydrogen (secondary N) is 1. The molecule has 0 radical (unpaired) electrons. The molecule has 1 fully saturated rings. The van der Waals surface area contributed by atoms with Gasteiger partial charge in [-0.15, -0.1) is 0 Å². The van der Waals surface area contributed by atoms with Gasteiger partial charge in [0.15, 0.2) is 6.29 Å². The van der Waals surface area contributed by atoms with Crippen molar-refractivity contribution in [2.75, 3.05) is 13.2 Å². The highest BCUT2D eigenvalue weighted by atomic mass is 16.7. The van der Waals surface area contributed by atoms with Crippen molar-refractivity contribution in [3.8, 4) is 0 Å². The van der Waals surface area contributed by atoms with Gasteiger partial charge in [0, 0.05) is 0 Å². The monoisotopic (exact) mass is 870 g/mol. The summed E-state index contributed by atoms with van der Waals surface area (Å²) in [6.07, 6.45) is 33.7. The molecule has 61 heavy (non-hydrogen) atoms. The van der Waals surface area contributed by atoms with Crippen LogP contribution in [0.15, 0.2) is 24.3 Å². The number of aliphatic hydroxyl groups is 7. The summed E-state index contributed by atoms with van der Waals surface area (Å²) in [4.78, 5) is 13.1. The molecular formula is C50H95NO10. The van der Waals surface area contributed by atoms with Crippen LogP contribution in [-0.4, -0.2) is 110 Å². The van der Waals surface area contributed by atoms with Gasteiger partial charge < -0.3 is 50.5 Å². The van der Waals surface area contributed by atoms with E-state index in [1.54, 1.807) is 0 Å². The van der Waals surface area contributed by atoms with E-state index in [1.807, 2.05) is 0 Å². The Morgan fingerprint density at radius 1 is 0.557 bits per heavy atom. The van der Waals surface area contributed by atoms with Crippen LogP contribution in [0.5, 0.6) is 0 Å². The maximum atomic E-state index is 13.1. The van der Waals surface area contributed by atoms with Crippen LogP contribution in [0.4, 0.5) is 0 Å². The Balaban J connectivity index is 2.43. The van der Waals surface area contributed by atoms with E-state index in [2.05, 4.69) is 43.5 Å². The number of hydrogen-bond acceptors (Lipinski definition) is 10. The maximum absolute atomic E-state index is 13.1. The van der Waals surface area contributed by atoms with Crippen molar-refractivity contribution in [2.45, 2.75) is 274 Å². The van der Waals surface area contributed by atoms with Gasteiger partial charge in [-0.25, -0.2) is 0 Å². The van der Waals surface area contributed by atoms with E-state index in [0.717, 1.165) is 51.4 Å². The first kappa shape index (κ1) is 57.6. The molecule has 11 nitrogen and oxygen atoms in total. The SMILES string of the molecule is CCCCCCCCC/C=C\CCCCCCC(O)C(=O)NC(COC1OC(CO)C(O)C(O)C1O)C(O)C(O)CCC/C=C/CCCCCCCCCCCCCCCC. The molecular weight excluding hydrogens is 775 g/mol. The lowest BCUT2D eigenvalue weighted by Gasteiger charge is -2.40. The van der Waals surface area contributed by atoms with Crippen molar-refractivity contribution in [2.24, 2.45) is 0 Å². The molecule has 1 aliphatic rings. The molecule has 360 valence electrons. The molecule has 0 saturated carbocycles. The number of allylic oxidation sites excluding steroid dienone is 4. The van der Waals surface area contributed by atoms with Crippen molar-refractivity contribution in [1.82, 2.24) is 5.32 Å². The zero-order chi connectivity index (χ0) is 44.8. The van der Waals surface area contributed by atoms with Crippen LogP contribution < -0.4 is 5.32 Å². The number of hydrogen-bond donors (Lipinski definition) is 8. The Bertz CT molecular complexity index is 1040. The number of carbonyl (C=O) groups is 1. The zero-order valence-electron chi connectivity index (χ0n) is 38.9. The summed E-state index contributed by atoms with van der Waals surface area (Å²) in [5.74, 6) is -0.714. The summed E-state index contributed by atoms with van der Waals surface area (Å²) in [7, 11) is 0. The predicted octanol–water partition coefficient (Wildman–Crippen LogP) is 9.01. The molecule has 1 amide bonds. The van der Waals surface area contributed by atoms with Gasteiger partial charge in [0.1, 0.15) is 36.6 Å². The van der Waals surface area contributed by atoms with Crippen LogP contribution in [-0.2, 0) is 14.3 Å². The number of rotatable bonds is 42. The summed E-state index contributed by atoms with van der Waals surface area (Å²) in [5.41, 5.74) is 0. The van der Waals surface area contributed by atoms with E-state index >= 15 is 0 Å². The third-order valence-electron chi connectivity index (χ3n) is 12.2. The minimum atomic E-state index is -1.67. The Hall–Kier alpha value is -1.41. The smallest absolute Gasteiger partial charge is 0.249 e. The fourth-order valence-corrected chi connectivity index (χ4v) is 8.02. The first-order valence-electron chi connectivity index (χ1n) is 25.2. The standard InChI is InChI=1S/C50H95NO10/c1-3-5-7-9-11-13-15-17-19-20-21-22-24-25-27-29-31-33-35-37-42(53)45(55)41(40-60-50-48(58)47(57)46(56)44(39-52)61-50)51-49(59)43(54)38-36-34-32-30-28-26-23-18-16-14-12-10-8-6-4-2/h23,26,29,31,41-48,50,52-58H,3-22,24-25,27-28,30,32-40H2,1-2H3,(H,51,59)/b26-23-,31-29+. The quantitative estimate of drug-likeness (QED) is 0.0217. The molecule has 8 N–H and O–H groups in total. The van der Waals surface area contributed by atoms with Gasteiger partial charge in [-0.1, -0.05) is 179 Å². The highest BCUT2D eigenvalue weighted by Crippen LogP contribution is 2.23. The summed E-state index contributed by atoms with van der Waals surface area (Å²) in [5, 5.41) is 75.8. The van der Waals surface area contributed by atoms with E-state index in [1.165, 1.54) is 128 Å². The molecule has 1 saturated heterocycles. The normalized spacial score (nSPS) is 21.6. The van der Waals surface area contributed by atoms with E-state index in [4.69, 9.17) is 9.47 Å². The van der Waals surface area contributed by atoms with Crippen molar-refractivity contribution in [3.63, 3.8) is 0 Å². The average Bonchev–Trinajstić information content (AvgIpc) is 3.26. The van der Waals surface area contributed by atoms with Crippen molar-refractivity contribution in [3.05, 3.63) is 24.3 Å². The molecule has 0 aromatic carbocycles. The third kappa shape index (κ3) is 29.6. The zero-order valence-corrected chi connectivity index (χ0v) is 38.9. The number of amides is 1. The number of aliphatic hydroxyl groups excluding tert-OH is 7. The predicted molar refractivity (Wildman–Crippen MR) is 247 cm³/mol. The molecule has 0 bridgehead atoms. The number of ether oxygens (including phenoxy) is 2. The molecule has 0 aromatic rings. The second-order valence-electron chi connectivity index (χ2n) is 17.9. The fourth-order valence-electron chi connectivity index (χ4n) is 8.02. The van der Waals surface area contributed by atoms with Crippen LogP contribution >= 0.6 is 0 Å². The fraction of sp³-hybridized carbons (Fsp3) is 0.900. The molecule has 1 aliphatic heterocycles. The summed E-state index contributed by atoms with van der Waals surface area (Å²) >= 11 is 0. The highest BCUT2D eigenvalue weighted by molar-refractivity contribution is 5.80. The van der Waals surface area contributed by atoms with Gasteiger partial charge >= 0.3 is 0 Å². The Morgan fingerprint density at radius 3 is 1.41 bits per heavy atom. The van der Waals surface area contributed by atoms with E-state index in [0.29, 0.717) is 12.8 Å². The molecule has 9 atom stereocenters. The second kappa shape index (κ2) is 40.1. The molecule has 0 aliphatic carbocycles. The van der Waals surface area contributed by atoms with Crippen LogP contribution in [0.3, 0.4) is 0 Å². The number of unbranched alkanes of at least 4 members (excludes halogenated alkanes) is 26. The lowest BCUT2D eigenvalue weighted by molar-refractivity contribution is -0.303. The Kier molecular flexibility index (Phi) is 37.9. The lowest BCUT2D eigenvalue weighted by Crippen LogP contribution is -2.60. The molecule has 9 unspecified atom stereocenters. The van der Waals surface area contributed by atoms with Gasteiger partial charge in [-0.05, 0) is 64.2 Å². The summed E-state index contributed by atoms with van der Waals surface area (Å²) < 4.78 is 11.1. The lowest BCUT2D eigenvalue weighted by atomic mass is 9.98. The summed E-state index contributed by atoms with van der Waals surface area (Å²) in [6, 6.07) is -1.19.